The summed E-state index contributed by atoms with van der Waals surface area (Å²) >= 11 is 0. The molecule has 8 nitrogen and oxygen atoms in total. The molecule has 1 saturated heterocycles. The van der Waals surface area contributed by atoms with Gasteiger partial charge >= 0.3 is 0 Å². The third-order valence-corrected chi connectivity index (χ3v) is 5.69. The molecule has 0 spiro atoms. The van der Waals surface area contributed by atoms with Gasteiger partial charge in [0.2, 0.25) is 5.95 Å². The number of aromatic amines is 1. The smallest absolute Gasteiger partial charge is 0.270 e. The van der Waals surface area contributed by atoms with E-state index in [2.05, 4.69) is 25.2 Å². The fourth-order valence-corrected chi connectivity index (χ4v) is 3.87. The Kier molecular flexibility index (Phi) is 6.13. The van der Waals surface area contributed by atoms with Crippen LogP contribution in [0, 0.1) is 11.8 Å². The van der Waals surface area contributed by atoms with Gasteiger partial charge in [-0.05, 0) is 24.6 Å². The van der Waals surface area contributed by atoms with E-state index >= 15 is 4.39 Å². The zero-order valence-corrected chi connectivity index (χ0v) is 17.9. The number of benzene rings is 1. The Bertz CT molecular complexity index is 1220. The van der Waals surface area contributed by atoms with E-state index in [0.29, 0.717) is 61.6 Å². The standard InChI is InChI=1S/C22H24F2N6O2/c1-3-14-22(32)28-19-15(26-14)5-4-13(18(19)23)12-29-8-10-30(11-9-29)17-7-6-16(21(31)25-2)27-20(17)24/h4-7H,3,8-12H2,1-2H3,(H,25,31)(H,28,32). The zero-order valence-electron chi connectivity index (χ0n) is 17.9. The van der Waals surface area contributed by atoms with Crippen LogP contribution >= 0.6 is 0 Å². The molecule has 3 heterocycles. The third kappa shape index (κ3) is 4.18. The number of pyridine rings is 1. The summed E-state index contributed by atoms with van der Waals surface area (Å²) in [5.74, 6) is -1.61. The van der Waals surface area contributed by atoms with Gasteiger partial charge in [0.1, 0.15) is 16.9 Å². The summed E-state index contributed by atoms with van der Waals surface area (Å²) in [4.78, 5) is 38.2. The minimum Gasteiger partial charge on any atom is -0.365 e. The van der Waals surface area contributed by atoms with Gasteiger partial charge in [0.25, 0.3) is 11.5 Å². The van der Waals surface area contributed by atoms with Crippen LogP contribution in [0.4, 0.5) is 14.5 Å². The maximum Gasteiger partial charge on any atom is 0.270 e. The van der Waals surface area contributed by atoms with Gasteiger partial charge in [-0.25, -0.2) is 14.4 Å². The number of nitrogens with one attached hydrogen (secondary N) is 2. The van der Waals surface area contributed by atoms with Crippen LogP contribution in [-0.2, 0) is 13.0 Å². The van der Waals surface area contributed by atoms with Crippen LogP contribution in [0.2, 0.25) is 0 Å². The topological polar surface area (TPSA) is 94.2 Å². The van der Waals surface area contributed by atoms with Gasteiger partial charge in [0.05, 0.1) is 11.2 Å². The number of halogens is 2. The van der Waals surface area contributed by atoms with Crippen molar-refractivity contribution in [3.63, 3.8) is 0 Å². The van der Waals surface area contributed by atoms with Gasteiger partial charge in [0.15, 0.2) is 5.82 Å². The molecule has 168 valence electrons. The Morgan fingerprint density at radius 3 is 2.53 bits per heavy atom. The van der Waals surface area contributed by atoms with Gasteiger partial charge < -0.3 is 15.2 Å². The zero-order chi connectivity index (χ0) is 22.8. The first-order valence-corrected chi connectivity index (χ1v) is 10.5. The highest BCUT2D eigenvalue weighted by molar-refractivity contribution is 5.92. The lowest BCUT2D eigenvalue weighted by molar-refractivity contribution is 0.0957. The molecule has 2 aromatic heterocycles. The minimum absolute atomic E-state index is 0.0257. The van der Waals surface area contributed by atoms with Crippen molar-refractivity contribution in [3.8, 4) is 0 Å². The molecule has 0 saturated carbocycles. The van der Waals surface area contributed by atoms with Crippen molar-refractivity contribution in [2.24, 2.45) is 0 Å². The first-order valence-electron chi connectivity index (χ1n) is 10.5. The van der Waals surface area contributed by atoms with Gasteiger partial charge in [-0.2, -0.15) is 4.39 Å². The second-order valence-corrected chi connectivity index (χ2v) is 7.65. The number of anilines is 1. The number of rotatable bonds is 5. The number of carbonyl (C=O) groups is 1. The SMILES string of the molecule is CCc1nc2ccc(CN3CCN(c4ccc(C(=O)NC)nc4F)CC3)c(F)c2[nH]c1=O. The Hall–Kier alpha value is -3.40. The van der Waals surface area contributed by atoms with Gasteiger partial charge in [-0.1, -0.05) is 13.0 Å². The van der Waals surface area contributed by atoms with Crippen molar-refractivity contribution in [1.29, 1.82) is 0 Å². The van der Waals surface area contributed by atoms with E-state index < -0.39 is 17.7 Å². The monoisotopic (exact) mass is 442 g/mol. The number of nitrogens with zero attached hydrogens (tertiary/aromatic N) is 4. The average Bonchev–Trinajstić information content (AvgIpc) is 2.81. The van der Waals surface area contributed by atoms with Crippen LogP contribution < -0.4 is 15.8 Å². The summed E-state index contributed by atoms with van der Waals surface area (Å²) in [7, 11) is 1.46. The highest BCUT2D eigenvalue weighted by Crippen LogP contribution is 2.22. The number of amides is 1. The summed E-state index contributed by atoms with van der Waals surface area (Å²) < 4.78 is 29.5. The summed E-state index contributed by atoms with van der Waals surface area (Å²) in [6.07, 6.45) is 0.476. The fraction of sp³-hybridized carbons (Fsp3) is 0.364. The van der Waals surface area contributed by atoms with Crippen molar-refractivity contribution < 1.29 is 13.6 Å². The van der Waals surface area contributed by atoms with E-state index in [1.54, 1.807) is 18.2 Å². The molecule has 2 N–H and O–H groups in total. The lowest BCUT2D eigenvalue weighted by atomic mass is 10.1. The second-order valence-electron chi connectivity index (χ2n) is 7.65. The molecule has 32 heavy (non-hydrogen) atoms. The Balaban J connectivity index is 1.45. The molecule has 1 amide bonds. The van der Waals surface area contributed by atoms with Crippen molar-refractivity contribution in [2.75, 3.05) is 38.1 Å². The van der Waals surface area contributed by atoms with E-state index in [0.717, 1.165) is 0 Å². The number of carbonyl (C=O) groups excluding carboxylic acids is 1. The van der Waals surface area contributed by atoms with Gasteiger partial charge in [0, 0.05) is 45.3 Å². The highest BCUT2D eigenvalue weighted by Gasteiger charge is 2.22. The van der Waals surface area contributed by atoms with Crippen LogP contribution in [0.25, 0.3) is 11.0 Å². The first kappa shape index (κ1) is 21.8. The van der Waals surface area contributed by atoms with Crippen molar-refractivity contribution in [1.82, 2.24) is 25.2 Å². The molecule has 1 aromatic carbocycles. The third-order valence-electron chi connectivity index (χ3n) is 5.69. The molecule has 4 rings (SSSR count). The maximum atomic E-state index is 15.0. The number of piperazine rings is 1. The molecule has 0 radical (unpaired) electrons. The summed E-state index contributed by atoms with van der Waals surface area (Å²) in [6, 6.07) is 6.45. The maximum absolute atomic E-state index is 15.0. The molecule has 0 unspecified atom stereocenters. The Morgan fingerprint density at radius 2 is 1.88 bits per heavy atom. The van der Waals surface area contributed by atoms with Crippen LogP contribution in [0.15, 0.2) is 29.1 Å². The number of hydrogen-bond acceptors (Lipinski definition) is 6. The molecule has 0 atom stereocenters. The average molecular weight is 442 g/mol. The van der Waals surface area contributed by atoms with E-state index in [9.17, 15) is 14.0 Å². The number of hydrogen-bond donors (Lipinski definition) is 2. The predicted molar refractivity (Wildman–Crippen MR) is 117 cm³/mol. The van der Waals surface area contributed by atoms with Gasteiger partial charge in [-0.15, -0.1) is 0 Å². The molecule has 3 aromatic rings. The van der Waals surface area contributed by atoms with Crippen LogP contribution in [-0.4, -0.2) is 59.0 Å². The number of aromatic nitrogens is 3. The highest BCUT2D eigenvalue weighted by atomic mass is 19.1. The lowest BCUT2D eigenvalue weighted by Gasteiger charge is -2.36. The Morgan fingerprint density at radius 1 is 1.12 bits per heavy atom. The van der Waals surface area contributed by atoms with Crippen LogP contribution in [0.3, 0.4) is 0 Å². The van der Waals surface area contributed by atoms with Crippen LogP contribution in [0.1, 0.15) is 28.7 Å². The second kappa shape index (κ2) is 8.99. The summed E-state index contributed by atoms with van der Waals surface area (Å²) in [5.41, 5.74) is 1.38. The molecule has 0 bridgehead atoms. The summed E-state index contributed by atoms with van der Waals surface area (Å²) in [6.45, 7) is 4.45. The van der Waals surface area contributed by atoms with E-state index in [1.165, 1.54) is 13.1 Å². The molecule has 0 aliphatic carbocycles. The quantitative estimate of drug-likeness (QED) is 0.586. The van der Waals surface area contributed by atoms with Crippen molar-refractivity contribution in [3.05, 3.63) is 63.3 Å². The van der Waals surface area contributed by atoms with Crippen LogP contribution in [0.5, 0.6) is 0 Å². The normalized spacial score (nSPS) is 14.7. The van der Waals surface area contributed by atoms with Crippen molar-refractivity contribution in [2.45, 2.75) is 19.9 Å². The van der Waals surface area contributed by atoms with Crippen molar-refractivity contribution >= 4 is 22.6 Å². The molecular weight excluding hydrogens is 418 g/mol. The molecule has 10 heteroatoms. The van der Waals surface area contributed by atoms with E-state index in [1.807, 2.05) is 11.8 Å². The number of fused-ring (bicyclic) bond motifs is 1. The first-order chi connectivity index (χ1) is 15.4. The Labute approximate surface area is 183 Å². The van der Waals surface area contributed by atoms with E-state index in [4.69, 9.17) is 0 Å². The van der Waals surface area contributed by atoms with Gasteiger partial charge in [-0.3, -0.25) is 14.5 Å². The largest absolute Gasteiger partial charge is 0.365 e. The molecular formula is C22H24F2N6O2. The minimum atomic E-state index is -0.692. The molecule has 1 aliphatic rings. The van der Waals surface area contributed by atoms with E-state index in [-0.39, 0.29) is 16.8 Å². The molecule has 1 fully saturated rings. The number of aryl methyl sites for hydroxylation is 1. The lowest BCUT2D eigenvalue weighted by Crippen LogP contribution is -2.46. The number of H-pyrrole nitrogens is 1. The fourth-order valence-electron chi connectivity index (χ4n) is 3.87. The summed E-state index contributed by atoms with van der Waals surface area (Å²) in [5, 5.41) is 2.42. The molecule has 1 aliphatic heterocycles. The predicted octanol–water partition coefficient (Wildman–Crippen LogP) is 1.84.